The van der Waals surface area contributed by atoms with Crippen LogP contribution in [-0.2, 0) is 19.1 Å². The number of carbonyl (C=O) groups excluding carboxylic acids is 2. The van der Waals surface area contributed by atoms with Crippen molar-refractivity contribution in [2.45, 2.75) is 59.0 Å². The first kappa shape index (κ1) is 14.9. The van der Waals surface area contributed by atoms with Crippen molar-refractivity contribution in [2.75, 3.05) is 6.61 Å². The molecule has 5 atom stereocenters. The van der Waals surface area contributed by atoms with Crippen molar-refractivity contribution in [1.29, 1.82) is 0 Å². The predicted octanol–water partition coefficient (Wildman–Crippen LogP) is 2.94. The van der Waals surface area contributed by atoms with Gasteiger partial charge in [-0.05, 0) is 57.8 Å². The van der Waals surface area contributed by atoms with Crippen molar-refractivity contribution < 1.29 is 19.1 Å². The number of esters is 2. The Balaban J connectivity index is 1.66. The molecule has 4 bridgehead atoms. The monoisotopic (exact) mass is 294 g/mol. The zero-order valence-electron chi connectivity index (χ0n) is 13.3. The number of hydrogen-bond acceptors (Lipinski definition) is 4. The summed E-state index contributed by atoms with van der Waals surface area (Å²) in [7, 11) is 0. The van der Waals surface area contributed by atoms with Gasteiger partial charge < -0.3 is 9.47 Å². The molecule has 0 aromatic heterocycles. The van der Waals surface area contributed by atoms with E-state index in [0.29, 0.717) is 18.4 Å². The quantitative estimate of drug-likeness (QED) is 0.748. The second-order valence-electron chi connectivity index (χ2n) is 7.74. The summed E-state index contributed by atoms with van der Waals surface area (Å²) in [5.74, 6) is 1.25. The summed E-state index contributed by atoms with van der Waals surface area (Å²) in [6, 6.07) is 0. The van der Waals surface area contributed by atoms with Crippen molar-refractivity contribution >= 4 is 11.9 Å². The Kier molecular flexibility index (Phi) is 3.74. The third-order valence-electron chi connectivity index (χ3n) is 5.93. The van der Waals surface area contributed by atoms with Crippen LogP contribution in [0.15, 0.2) is 0 Å². The molecule has 2 saturated carbocycles. The van der Waals surface area contributed by atoms with Gasteiger partial charge in [-0.25, -0.2) is 0 Å². The molecule has 2 aliphatic carbocycles. The van der Waals surface area contributed by atoms with Crippen LogP contribution in [0.5, 0.6) is 0 Å². The summed E-state index contributed by atoms with van der Waals surface area (Å²) in [5.41, 5.74) is -0.432. The highest BCUT2D eigenvalue weighted by molar-refractivity contribution is 5.76. The fraction of sp³-hybridized carbons (Fsp3) is 0.882. The minimum atomic E-state index is -0.432. The molecule has 5 unspecified atom stereocenters. The van der Waals surface area contributed by atoms with Crippen molar-refractivity contribution in [1.82, 2.24) is 0 Å². The summed E-state index contributed by atoms with van der Waals surface area (Å²) in [4.78, 5) is 24.2. The van der Waals surface area contributed by atoms with E-state index >= 15 is 0 Å². The molecule has 0 aromatic carbocycles. The smallest absolute Gasteiger partial charge is 0.311 e. The van der Waals surface area contributed by atoms with Crippen LogP contribution >= 0.6 is 0 Å². The van der Waals surface area contributed by atoms with E-state index < -0.39 is 5.41 Å². The molecule has 0 N–H and O–H groups in total. The van der Waals surface area contributed by atoms with Crippen molar-refractivity contribution in [3.63, 3.8) is 0 Å². The van der Waals surface area contributed by atoms with E-state index in [2.05, 4.69) is 0 Å². The molecule has 4 fully saturated rings. The van der Waals surface area contributed by atoms with Crippen LogP contribution in [0.3, 0.4) is 0 Å². The Morgan fingerprint density at radius 3 is 2.76 bits per heavy atom. The van der Waals surface area contributed by atoms with Gasteiger partial charge in [0, 0.05) is 5.92 Å². The zero-order chi connectivity index (χ0) is 15.2. The Bertz CT molecular complexity index is 442. The summed E-state index contributed by atoms with van der Waals surface area (Å²) in [5, 5.41) is 0. The first-order valence-corrected chi connectivity index (χ1v) is 8.28. The summed E-state index contributed by atoms with van der Waals surface area (Å²) in [6.45, 7) is 6.23. The molecular formula is C17H26O4. The Morgan fingerprint density at radius 2 is 2.05 bits per heavy atom. The average molecular weight is 294 g/mol. The van der Waals surface area contributed by atoms with Crippen LogP contribution in [0.25, 0.3) is 0 Å². The van der Waals surface area contributed by atoms with E-state index in [1.165, 1.54) is 6.42 Å². The van der Waals surface area contributed by atoms with Gasteiger partial charge >= 0.3 is 11.9 Å². The number of ether oxygens (including phenoxy) is 2. The largest absolute Gasteiger partial charge is 0.465 e. The van der Waals surface area contributed by atoms with Gasteiger partial charge in [0.2, 0.25) is 0 Å². The molecule has 0 aromatic rings. The first-order valence-electron chi connectivity index (χ1n) is 8.28. The van der Waals surface area contributed by atoms with Crippen LogP contribution in [0, 0.1) is 29.1 Å². The Morgan fingerprint density at radius 1 is 1.29 bits per heavy atom. The topological polar surface area (TPSA) is 52.6 Å². The second-order valence-corrected chi connectivity index (χ2v) is 7.74. The molecule has 4 heteroatoms. The molecule has 2 heterocycles. The van der Waals surface area contributed by atoms with E-state index in [4.69, 9.17) is 9.47 Å². The second kappa shape index (κ2) is 5.29. The lowest BCUT2D eigenvalue weighted by Crippen LogP contribution is -2.42. The highest BCUT2D eigenvalue weighted by Crippen LogP contribution is 2.50. The Hall–Kier alpha value is -1.06. The lowest BCUT2D eigenvalue weighted by Gasteiger charge is -2.42. The van der Waals surface area contributed by atoms with Crippen LogP contribution in [0.2, 0.25) is 0 Å². The van der Waals surface area contributed by atoms with Gasteiger partial charge in [0.15, 0.2) is 0 Å². The molecule has 4 nitrogen and oxygen atoms in total. The standard InChI is InChI=1S/C17H26O4/c1-4-17(2,3)16(19)20-9-13-11-5-10-6-12(8-11)15(18)21-14(13)7-10/h10-14H,4-9H2,1-3H3. The van der Waals surface area contributed by atoms with Crippen LogP contribution in [0.1, 0.15) is 52.9 Å². The van der Waals surface area contributed by atoms with Gasteiger partial charge in [-0.2, -0.15) is 0 Å². The van der Waals surface area contributed by atoms with Gasteiger partial charge in [0.25, 0.3) is 0 Å². The van der Waals surface area contributed by atoms with E-state index in [1.54, 1.807) is 0 Å². The molecule has 2 saturated heterocycles. The molecule has 4 rings (SSSR count). The third kappa shape index (κ3) is 2.69. The normalized spacial score (nSPS) is 38.0. The minimum absolute atomic E-state index is 0.0186. The van der Waals surface area contributed by atoms with Gasteiger partial charge in [-0.3, -0.25) is 9.59 Å². The number of carbonyl (C=O) groups is 2. The summed E-state index contributed by atoms with van der Waals surface area (Å²) in [6.07, 6.45) is 4.78. The lowest BCUT2D eigenvalue weighted by atomic mass is 9.64. The van der Waals surface area contributed by atoms with E-state index in [1.807, 2.05) is 20.8 Å². The lowest BCUT2D eigenvalue weighted by molar-refractivity contribution is -0.162. The highest BCUT2D eigenvalue weighted by atomic mass is 16.6. The van der Waals surface area contributed by atoms with Gasteiger partial charge in [0.1, 0.15) is 6.10 Å². The number of fused-ring (bicyclic) bond motifs is 1. The maximum atomic E-state index is 12.2. The fourth-order valence-corrected chi connectivity index (χ4v) is 4.16. The van der Waals surface area contributed by atoms with Crippen LogP contribution in [-0.4, -0.2) is 24.6 Å². The molecule has 0 amide bonds. The van der Waals surface area contributed by atoms with Crippen molar-refractivity contribution in [3.8, 4) is 0 Å². The molecule has 2 aliphatic heterocycles. The Labute approximate surface area is 126 Å². The maximum absolute atomic E-state index is 12.2. The molecular weight excluding hydrogens is 268 g/mol. The SMILES string of the molecule is CCC(C)(C)C(=O)OCC1C2CC3CC(C2)C(=O)OC1C3. The number of rotatable bonds is 4. The van der Waals surface area contributed by atoms with E-state index in [9.17, 15) is 9.59 Å². The highest BCUT2D eigenvalue weighted by Gasteiger charge is 2.50. The van der Waals surface area contributed by atoms with Gasteiger partial charge in [-0.1, -0.05) is 6.92 Å². The van der Waals surface area contributed by atoms with E-state index in [0.717, 1.165) is 25.7 Å². The molecule has 4 aliphatic rings. The van der Waals surface area contributed by atoms with Crippen LogP contribution in [0.4, 0.5) is 0 Å². The van der Waals surface area contributed by atoms with Crippen LogP contribution < -0.4 is 0 Å². The van der Waals surface area contributed by atoms with Gasteiger partial charge in [0.05, 0.1) is 17.9 Å². The minimum Gasteiger partial charge on any atom is -0.465 e. The van der Waals surface area contributed by atoms with Crippen molar-refractivity contribution in [3.05, 3.63) is 0 Å². The maximum Gasteiger partial charge on any atom is 0.311 e. The third-order valence-corrected chi connectivity index (χ3v) is 5.93. The fourth-order valence-electron chi connectivity index (χ4n) is 4.16. The molecule has 0 radical (unpaired) electrons. The van der Waals surface area contributed by atoms with Gasteiger partial charge in [-0.15, -0.1) is 0 Å². The molecule has 21 heavy (non-hydrogen) atoms. The molecule has 118 valence electrons. The number of hydrogen-bond donors (Lipinski definition) is 0. The average Bonchev–Trinajstić information content (AvgIpc) is 2.60. The summed E-state index contributed by atoms with van der Waals surface area (Å²) >= 11 is 0. The summed E-state index contributed by atoms with van der Waals surface area (Å²) < 4.78 is 11.2. The zero-order valence-corrected chi connectivity index (χ0v) is 13.3. The van der Waals surface area contributed by atoms with E-state index in [-0.39, 0.29) is 29.9 Å². The predicted molar refractivity (Wildman–Crippen MR) is 77.3 cm³/mol. The molecule has 0 spiro atoms. The van der Waals surface area contributed by atoms with Crippen molar-refractivity contribution in [2.24, 2.45) is 29.1 Å². The first-order chi connectivity index (χ1) is 9.90.